The average molecular weight is 181 g/mol. The quantitative estimate of drug-likeness (QED) is 0.590. The highest BCUT2D eigenvalue weighted by Gasteiger charge is 2.08. The van der Waals surface area contributed by atoms with Gasteiger partial charge in [-0.25, -0.2) is 0 Å². The fraction of sp³-hybridized carbons (Fsp3) is 0.250. The zero-order valence-corrected chi connectivity index (χ0v) is 7.47. The molecule has 0 unspecified atom stereocenters. The zero-order chi connectivity index (χ0) is 9.84. The van der Waals surface area contributed by atoms with E-state index in [0.717, 1.165) is 0 Å². The van der Waals surface area contributed by atoms with Crippen molar-refractivity contribution in [2.75, 3.05) is 19.4 Å². The smallest absolute Gasteiger partial charge is 0.269 e. The summed E-state index contributed by atoms with van der Waals surface area (Å²) in [5.41, 5.74) is 0.550. The van der Waals surface area contributed by atoms with E-state index in [-0.39, 0.29) is 17.2 Å². The number of pyridine rings is 1. The standard InChI is InChI=1S/C8H11N3O2/c1-9-5-3-4-6(12)11-7(5)8(13)10-2/h3-4,9H,1-2H3,(H,10,13)(H,11,12). The van der Waals surface area contributed by atoms with Crippen LogP contribution in [0.4, 0.5) is 5.69 Å². The lowest BCUT2D eigenvalue weighted by Crippen LogP contribution is -2.23. The molecular formula is C8H11N3O2. The number of hydrogen-bond acceptors (Lipinski definition) is 3. The maximum atomic E-state index is 11.2. The second-order valence-corrected chi connectivity index (χ2v) is 2.44. The van der Waals surface area contributed by atoms with Gasteiger partial charge in [0.1, 0.15) is 5.69 Å². The summed E-state index contributed by atoms with van der Waals surface area (Å²) in [4.78, 5) is 24.6. The number of nitrogens with one attached hydrogen (secondary N) is 3. The van der Waals surface area contributed by atoms with E-state index < -0.39 is 0 Å². The Morgan fingerprint density at radius 1 is 1.38 bits per heavy atom. The second-order valence-electron chi connectivity index (χ2n) is 2.44. The molecule has 1 amide bonds. The van der Waals surface area contributed by atoms with Gasteiger partial charge >= 0.3 is 0 Å². The molecule has 1 rings (SSSR count). The Hall–Kier alpha value is -1.78. The minimum Gasteiger partial charge on any atom is -0.386 e. The third-order valence-electron chi connectivity index (χ3n) is 1.64. The third kappa shape index (κ3) is 1.87. The molecule has 1 heterocycles. The number of H-pyrrole nitrogens is 1. The van der Waals surface area contributed by atoms with Gasteiger partial charge in [-0.05, 0) is 6.07 Å². The van der Waals surface area contributed by atoms with Crippen LogP contribution in [0.3, 0.4) is 0 Å². The predicted octanol–water partition coefficient (Wildman–Crippen LogP) is -0.224. The Bertz CT molecular complexity index is 370. The Kier molecular flexibility index (Phi) is 2.69. The highest BCUT2D eigenvalue weighted by atomic mass is 16.2. The van der Waals surface area contributed by atoms with Gasteiger partial charge in [-0.15, -0.1) is 0 Å². The molecule has 0 atom stereocenters. The first-order valence-electron chi connectivity index (χ1n) is 3.82. The van der Waals surface area contributed by atoms with Gasteiger partial charge in [0.2, 0.25) is 5.56 Å². The van der Waals surface area contributed by atoms with Crippen molar-refractivity contribution in [1.82, 2.24) is 10.3 Å². The van der Waals surface area contributed by atoms with Gasteiger partial charge in [-0.1, -0.05) is 0 Å². The summed E-state index contributed by atoms with van der Waals surface area (Å²) in [6, 6.07) is 2.92. The van der Waals surface area contributed by atoms with Gasteiger partial charge in [0.05, 0.1) is 5.69 Å². The van der Waals surface area contributed by atoms with E-state index in [1.165, 1.54) is 13.1 Å². The monoisotopic (exact) mass is 181 g/mol. The van der Waals surface area contributed by atoms with Crippen LogP contribution < -0.4 is 16.2 Å². The normalized spacial score (nSPS) is 9.38. The molecular weight excluding hydrogens is 170 g/mol. The zero-order valence-electron chi connectivity index (χ0n) is 7.47. The van der Waals surface area contributed by atoms with Gasteiger partial charge < -0.3 is 15.6 Å². The number of aromatic nitrogens is 1. The van der Waals surface area contributed by atoms with E-state index in [4.69, 9.17) is 0 Å². The van der Waals surface area contributed by atoms with Crippen LogP contribution in [0.2, 0.25) is 0 Å². The van der Waals surface area contributed by atoms with Crippen LogP contribution in [-0.4, -0.2) is 25.0 Å². The highest BCUT2D eigenvalue weighted by Crippen LogP contribution is 2.08. The van der Waals surface area contributed by atoms with E-state index in [1.807, 2.05) is 0 Å². The van der Waals surface area contributed by atoms with E-state index in [0.29, 0.717) is 5.69 Å². The summed E-state index contributed by atoms with van der Waals surface area (Å²) in [5.74, 6) is -0.318. The molecule has 0 fully saturated rings. The number of carbonyl (C=O) groups is 1. The van der Waals surface area contributed by atoms with Gasteiger partial charge in [0.25, 0.3) is 5.91 Å². The van der Waals surface area contributed by atoms with Crippen molar-refractivity contribution in [3.8, 4) is 0 Å². The van der Waals surface area contributed by atoms with Crippen molar-refractivity contribution in [3.63, 3.8) is 0 Å². The fourth-order valence-corrected chi connectivity index (χ4v) is 0.987. The summed E-state index contributed by atoms with van der Waals surface area (Å²) in [5, 5.41) is 5.24. The van der Waals surface area contributed by atoms with Crippen molar-refractivity contribution in [3.05, 3.63) is 28.2 Å². The topological polar surface area (TPSA) is 74.0 Å². The molecule has 13 heavy (non-hydrogen) atoms. The van der Waals surface area contributed by atoms with Crippen molar-refractivity contribution >= 4 is 11.6 Å². The number of rotatable bonds is 2. The lowest BCUT2D eigenvalue weighted by atomic mass is 10.3. The molecule has 70 valence electrons. The van der Waals surface area contributed by atoms with Crippen LogP contribution in [-0.2, 0) is 0 Å². The van der Waals surface area contributed by atoms with E-state index >= 15 is 0 Å². The molecule has 0 aliphatic heterocycles. The lowest BCUT2D eigenvalue weighted by Gasteiger charge is -2.05. The number of amides is 1. The summed E-state index contributed by atoms with van der Waals surface area (Å²) in [6.07, 6.45) is 0. The van der Waals surface area contributed by atoms with Crippen molar-refractivity contribution in [1.29, 1.82) is 0 Å². The van der Waals surface area contributed by atoms with Crippen LogP contribution >= 0.6 is 0 Å². The molecule has 0 aromatic carbocycles. The van der Waals surface area contributed by atoms with Crippen molar-refractivity contribution < 1.29 is 4.79 Å². The summed E-state index contributed by atoms with van der Waals surface area (Å²) < 4.78 is 0. The Morgan fingerprint density at radius 2 is 2.08 bits per heavy atom. The van der Waals surface area contributed by atoms with E-state index in [9.17, 15) is 9.59 Å². The molecule has 0 saturated carbocycles. The molecule has 1 aromatic heterocycles. The second kappa shape index (κ2) is 3.75. The minimum atomic E-state index is -0.318. The summed E-state index contributed by atoms with van der Waals surface area (Å²) >= 11 is 0. The van der Waals surface area contributed by atoms with Crippen LogP contribution in [0, 0.1) is 0 Å². The molecule has 3 N–H and O–H groups in total. The highest BCUT2D eigenvalue weighted by molar-refractivity contribution is 5.97. The predicted molar refractivity (Wildman–Crippen MR) is 50.0 cm³/mol. The van der Waals surface area contributed by atoms with Gasteiger partial charge in [0, 0.05) is 20.2 Å². The maximum absolute atomic E-state index is 11.2. The first-order chi connectivity index (χ1) is 6.19. The Labute approximate surface area is 75.2 Å². The molecule has 0 spiro atoms. The molecule has 0 radical (unpaired) electrons. The molecule has 5 heteroatoms. The summed E-state index contributed by atoms with van der Waals surface area (Å²) in [7, 11) is 3.19. The number of carbonyl (C=O) groups excluding carboxylic acids is 1. The molecule has 0 bridgehead atoms. The SMILES string of the molecule is CNC(=O)c1[nH]c(=O)ccc1NC. The largest absolute Gasteiger partial charge is 0.386 e. The molecule has 0 aliphatic rings. The summed E-state index contributed by atoms with van der Waals surface area (Å²) in [6.45, 7) is 0. The van der Waals surface area contributed by atoms with Crippen LogP contribution in [0.5, 0.6) is 0 Å². The maximum Gasteiger partial charge on any atom is 0.269 e. The van der Waals surface area contributed by atoms with Crippen molar-refractivity contribution in [2.45, 2.75) is 0 Å². The first kappa shape index (κ1) is 9.31. The molecule has 5 nitrogen and oxygen atoms in total. The van der Waals surface area contributed by atoms with Crippen LogP contribution in [0.25, 0.3) is 0 Å². The number of hydrogen-bond donors (Lipinski definition) is 3. The van der Waals surface area contributed by atoms with E-state index in [2.05, 4.69) is 15.6 Å². The minimum absolute atomic E-state index is 0.248. The van der Waals surface area contributed by atoms with Crippen LogP contribution in [0.1, 0.15) is 10.5 Å². The molecule has 0 saturated heterocycles. The number of anilines is 1. The molecule has 1 aromatic rings. The van der Waals surface area contributed by atoms with Crippen molar-refractivity contribution in [2.24, 2.45) is 0 Å². The fourth-order valence-electron chi connectivity index (χ4n) is 0.987. The molecule has 0 aliphatic carbocycles. The van der Waals surface area contributed by atoms with Gasteiger partial charge in [0.15, 0.2) is 0 Å². The van der Waals surface area contributed by atoms with Gasteiger partial charge in [-0.3, -0.25) is 9.59 Å². The average Bonchev–Trinajstić information content (AvgIpc) is 2.16. The number of aromatic amines is 1. The van der Waals surface area contributed by atoms with Crippen LogP contribution in [0.15, 0.2) is 16.9 Å². The van der Waals surface area contributed by atoms with Gasteiger partial charge in [-0.2, -0.15) is 0 Å². The van der Waals surface area contributed by atoms with E-state index in [1.54, 1.807) is 13.1 Å². The third-order valence-corrected chi connectivity index (χ3v) is 1.64. The first-order valence-corrected chi connectivity index (χ1v) is 3.82. The Balaban J connectivity index is 3.23. The Morgan fingerprint density at radius 3 is 2.62 bits per heavy atom. The lowest BCUT2D eigenvalue weighted by molar-refractivity contribution is 0.0959.